The van der Waals surface area contributed by atoms with Crippen molar-refractivity contribution in [2.75, 3.05) is 26.4 Å². The largest absolute Gasteiger partial charge is 0.381 e. The Balaban J connectivity index is 1.20. The Morgan fingerprint density at radius 2 is 1.03 bits per heavy atom. The lowest BCUT2D eigenvalue weighted by Crippen LogP contribution is -2.57. The second kappa shape index (κ2) is 8.42. The minimum Gasteiger partial charge on any atom is -0.381 e. The van der Waals surface area contributed by atoms with Crippen LogP contribution < -0.4 is 10.6 Å². The number of ether oxygens (including phenoxy) is 2. The molecule has 0 aromatic carbocycles. The number of rotatable bonds is 6. The molecule has 2 saturated heterocycles. The maximum atomic E-state index is 13.2. The van der Waals surface area contributed by atoms with Crippen LogP contribution in [0.3, 0.4) is 0 Å². The average molecular weight is 419 g/mol. The van der Waals surface area contributed by atoms with Gasteiger partial charge in [-0.2, -0.15) is 0 Å². The maximum absolute atomic E-state index is 13.2. The lowest BCUT2D eigenvalue weighted by atomic mass is 9.77. The first-order chi connectivity index (χ1) is 14.6. The molecule has 30 heavy (non-hydrogen) atoms. The second-order valence-corrected chi connectivity index (χ2v) is 10.6. The summed E-state index contributed by atoms with van der Waals surface area (Å²) in [5, 5.41) is 6.95. The first-order valence-corrected chi connectivity index (χ1v) is 12.4. The summed E-state index contributed by atoms with van der Waals surface area (Å²) in [7, 11) is 0. The molecule has 0 aromatic heterocycles. The van der Waals surface area contributed by atoms with Gasteiger partial charge in [-0.15, -0.1) is 0 Å². The highest BCUT2D eigenvalue weighted by atomic mass is 16.5. The van der Waals surface area contributed by atoms with E-state index in [0.717, 1.165) is 71.4 Å². The van der Waals surface area contributed by atoms with Crippen molar-refractivity contribution in [3.8, 4) is 0 Å². The van der Waals surface area contributed by atoms with Crippen LogP contribution in [0.25, 0.3) is 0 Å². The van der Waals surface area contributed by atoms with Crippen molar-refractivity contribution in [1.82, 2.24) is 10.6 Å². The Labute approximate surface area is 180 Å². The molecule has 6 heteroatoms. The molecule has 6 nitrogen and oxygen atoms in total. The van der Waals surface area contributed by atoms with E-state index in [0.29, 0.717) is 18.3 Å². The molecule has 3 saturated carbocycles. The summed E-state index contributed by atoms with van der Waals surface area (Å²) in [5.74, 6) is 1.56. The standard InChI is InChI=1S/C24H38N2O4/c27-21(25-23(19-4-5-19)8-12-29-13-9-23)17-2-1-3-18(16-17)22(28)26-24(20-6-7-20)10-14-30-15-11-24/h17-20H,1-16H2,(H,25,27)(H,26,28). The molecular formula is C24H38N2O4. The Hall–Kier alpha value is -1.14. The minimum atomic E-state index is -0.0529. The quantitative estimate of drug-likeness (QED) is 0.695. The van der Waals surface area contributed by atoms with E-state index >= 15 is 0 Å². The van der Waals surface area contributed by atoms with E-state index < -0.39 is 0 Å². The molecule has 2 unspecified atom stereocenters. The Morgan fingerprint density at radius 3 is 1.40 bits per heavy atom. The van der Waals surface area contributed by atoms with E-state index in [2.05, 4.69) is 10.6 Å². The molecule has 5 aliphatic rings. The molecule has 5 rings (SSSR count). The van der Waals surface area contributed by atoms with Crippen molar-refractivity contribution in [3.05, 3.63) is 0 Å². The highest BCUT2D eigenvalue weighted by Crippen LogP contribution is 2.46. The number of nitrogens with one attached hydrogen (secondary N) is 2. The van der Waals surface area contributed by atoms with Crippen LogP contribution in [0.5, 0.6) is 0 Å². The van der Waals surface area contributed by atoms with E-state index in [4.69, 9.17) is 9.47 Å². The summed E-state index contributed by atoms with van der Waals surface area (Å²) in [5.41, 5.74) is -0.106. The zero-order valence-electron chi connectivity index (χ0n) is 18.3. The zero-order valence-corrected chi connectivity index (χ0v) is 18.3. The summed E-state index contributed by atoms with van der Waals surface area (Å²) < 4.78 is 11.1. The van der Waals surface area contributed by atoms with Crippen molar-refractivity contribution < 1.29 is 19.1 Å². The lowest BCUT2D eigenvalue weighted by molar-refractivity contribution is -0.134. The Morgan fingerprint density at radius 1 is 0.633 bits per heavy atom. The number of hydrogen-bond acceptors (Lipinski definition) is 4. The molecule has 2 N–H and O–H groups in total. The average Bonchev–Trinajstić information content (AvgIpc) is 3.67. The van der Waals surface area contributed by atoms with Crippen LogP contribution in [0.2, 0.25) is 0 Å². The third-order valence-corrected chi connectivity index (χ3v) is 8.65. The van der Waals surface area contributed by atoms with Crippen LogP contribution in [0, 0.1) is 23.7 Å². The fourth-order valence-corrected chi connectivity index (χ4v) is 6.37. The minimum absolute atomic E-state index is 0.0282. The van der Waals surface area contributed by atoms with Crippen LogP contribution in [0.4, 0.5) is 0 Å². The normalized spacial score (nSPS) is 33.5. The van der Waals surface area contributed by atoms with E-state index in [1.54, 1.807) is 0 Å². The van der Waals surface area contributed by atoms with Gasteiger partial charge in [0.05, 0.1) is 0 Å². The van der Waals surface area contributed by atoms with Crippen molar-refractivity contribution in [1.29, 1.82) is 0 Å². The fourth-order valence-electron chi connectivity index (χ4n) is 6.37. The SMILES string of the molecule is O=C(NC1(C2CC2)CCOCC1)C1CCCC(C(=O)NC2(C3CC3)CCOCC2)C1. The molecule has 0 radical (unpaired) electrons. The molecule has 3 aliphatic carbocycles. The van der Waals surface area contributed by atoms with Gasteiger partial charge in [0.15, 0.2) is 0 Å². The van der Waals surface area contributed by atoms with Gasteiger partial charge in [0.2, 0.25) is 11.8 Å². The molecule has 2 atom stereocenters. The highest BCUT2D eigenvalue weighted by Gasteiger charge is 2.49. The van der Waals surface area contributed by atoms with Gasteiger partial charge in [0.1, 0.15) is 0 Å². The van der Waals surface area contributed by atoms with Gasteiger partial charge in [0.25, 0.3) is 0 Å². The molecule has 0 bridgehead atoms. The topological polar surface area (TPSA) is 76.7 Å². The molecule has 2 amide bonds. The van der Waals surface area contributed by atoms with E-state index in [9.17, 15) is 9.59 Å². The summed E-state index contributed by atoms with van der Waals surface area (Å²) in [6, 6.07) is 0. The van der Waals surface area contributed by atoms with E-state index in [-0.39, 0.29) is 34.7 Å². The smallest absolute Gasteiger partial charge is 0.223 e. The van der Waals surface area contributed by atoms with Gasteiger partial charge in [-0.3, -0.25) is 9.59 Å². The molecule has 2 heterocycles. The first kappa shape index (κ1) is 20.7. The third-order valence-electron chi connectivity index (χ3n) is 8.65. The van der Waals surface area contributed by atoms with Crippen LogP contribution in [0.1, 0.15) is 77.0 Å². The highest BCUT2D eigenvalue weighted by molar-refractivity contribution is 5.83. The number of carbonyl (C=O) groups is 2. The van der Waals surface area contributed by atoms with Crippen molar-refractivity contribution in [2.45, 2.75) is 88.1 Å². The van der Waals surface area contributed by atoms with Crippen LogP contribution in [0.15, 0.2) is 0 Å². The molecule has 2 aliphatic heterocycles. The first-order valence-electron chi connectivity index (χ1n) is 12.4. The molecule has 0 spiro atoms. The lowest BCUT2D eigenvalue weighted by Gasteiger charge is -2.41. The second-order valence-electron chi connectivity index (χ2n) is 10.6. The van der Waals surface area contributed by atoms with Gasteiger partial charge in [-0.25, -0.2) is 0 Å². The van der Waals surface area contributed by atoms with Crippen LogP contribution >= 0.6 is 0 Å². The van der Waals surface area contributed by atoms with Crippen molar-refractivity contribution in [2.24, 2.45) is 23.7 Å². The number of amides is 2. The number of carbonyl (C=O) groups excluding carboxylic acids is 2. The Bertz CT molecular complexity index is 592. The van der Waals surface area contributed by atoms with E-state index in [1.807, 2.05) is 0 Å². The van der Waals surface area contributed by atoms with Crippen LogP contribution in [-0.2, 0) is 19.1 Å². The van der Waals surface area contributed by atoms with Gasteiger partial charge in [-0.1, -0.05) is 6.42 Å². The van der Waals surface area contributed by atoms with Gasteiger partial charge in [0, 0.05) is 49.3 Å². The van der Waals surface area contributed by atoms with Gasteiger partial charge >= 0.3 is 0 Å². The fraction of sp³-hybridized carbons (Fsp3) is 0.917. The number of hydrogen-bond donors (Lipinski definition) is 2. The molecule has 5 fully saturated rings. The van der Waals surface area contributed by atoms with Crippen molar-refractivity contribution in [3.63, 3.8) is 0 Å². The van der Waals surface area contributed by atoms with Crippen LogP contribution in [-0.4, -0.2) is 49.3 Å². The molecule has 0 aromatic rings. The van der Waals surface area contributed by atoms with E-state index in [1.165, 1.54) is 25.7 Å². The zero-order chi connectivity index (χ0) is 20.6. The summed E-state index contributed by atoms with van der Waals surface area (Å²) in [6.45, 7) is 3.00. The van der Waals surface area contributed by atoms with Gasteiger partial charge < -0.3 is 20.1 Å². The van der Waals surface area contributed by atoms with Crippen molar-refractivity contribution >= 4 is 11.8 Å². The summed E-state index contributed by atoms with van der Waals surface area (Å²) in [4.78, 5) is 26.5. The Kier molecular flexibility index (Phi) is 5.82. The molecule has 168 valence electrons. The predicted molar refractivity (Wildman–Crippen MR) is 113 cm³/mol. The molecular weight excluding hydrogens is 380 g/mol. The van der Waals surface area contributed by atoms with Gasteiger partial charge in [-0.05, 0) is 82.5 Å². The third kappa shape index (κ3) is 4.27. The predicted octanol–water partition coefficient (Wildman–Crippen LogP) is 2.94. The maximum Gasteiger partial charge on any atom is 0.223 e. The summed E-state index contributed by atoms with van der Waals surface area (Å²) in [6.07, 6.45) is 12.1. The summed E-state index contributed by atoms with van der Waals surface area (Å²) >= 11 is 0. The monoisotopic (exact) mass is 418 g/mol.